The molecule has 2 heteroatoms. The average Bonchev–Trinajstić information content (AvgIpc) is 2.17. The number of aryl methyl sites for hydroxylation is 1. The molecule has 2 N–H and O–H groups in total. The van der Waals surface area contributed by atoms with Gasteiger partial charge in [-0.2, -0.15) is 0 Å². The second-order valence-electron chi connectivity index (χ2n) is 4.35. The van der Waals surface area contributed by atoms with E-state index in [0.29, 0.717) is 12.5 Å². The van der Waals surface area contributed by atoms with Crippen LogP contribution in [0.1, 0.15) is 31.4 Å². The van der Waals surface area contributed by atoms with Gasteiger partial charge in [-0.3, -0.25) is 0 Å². The van der Waals surface area contributed by atoms with Crippen LogP contribution in [0.15, 0.2) is 18.2 Å². The highest BCUT2D eigenvalue weighted by Gasteiger charge is 2.03. The maximum atomic E-state index is 5.74. The molecule has 0 saturated carbocycles. The van der Waals surface area contributed by atoms with Crippen molar-refractivity contribution in [3.8, 4) is 5.75 Å². The van der Waals surface area contributed by atoms with Crippen LogP contribution in [0.3, 0.4) is 0 Å². The Hall–Kier alpha value is -1.02. The van der Waals surface area contributed by atoms with Crippen molar-refractivity contribution in [3.05, 3.63) is 29.3 Å². The van der Waals surface area contributed by atoms with Gasteiger partial charge in [-0.05, 0) is 30.9 Å². The maximum absolute atomic E-state index is 5.74. The fraction of sp³-hybridized carbons (Fsp3) is 0.538. The third-order valence-corrected chi connectivity index (χ3v) is 2.40. The highest BCUT2D eigenvalue weighted by atomic mass is 16.5. The summed E-state index contributed by atoms with van der Waals surface area (Å²) in [5.41, 5.74) is 7.95. The lowest BCUT2D eigenvalue weighted by atomic mass is 10.1. The smallest absolute Gasteiger partial charge is 0.124 e. The van der Waals surface area contributed by atoms with Gasteiger partial charge in [0.1, 0.15) is 5.75 Å². The molecule has 84 valence electrons. The third-order valence-electron chi connectivity index (χ3n) is 2.40. The molecule has 0 atom stereocenters. The predicted molar refractivity (Wildman–Crippen MR) is 64.0 cm³/mol. The second kappa shape index (κ2) is 5.76. The summed E-state index contributed by atoms with van der Waals surface area (Å²) in [6.07, 6.45) is 1.08. The van der Waals surface area contributed by atoms with Crippen molar-refractivity contribution < 1.29 is 4.74 Å². The minimum atomic E-state index is 0.539. The van der Waals surface area contributed by atoms with E-state index in [4.69, 9.17) is 10.5 Å². The zero-order valence-electron chi connectivity index (χ0n) is 9.92. The number of hydrogen-bond acceptors (Lipinski definition) is 2. The van der Waals surface area contributed by atoms with Gasteiger partial charge >= 0.3 is 0 Å². The Morgan fingerprint density at radius 2 is 2.07 bits per heavy atom. The summed E-state index contributed by atoms with van der Waals surface area (Å²) in [4.78, 5) is 0. The quantitative estimate of drug-likeness (QED) is 0.805. The molecular formula is C13H21NO. The van der Waals surface area contributed by atoms with Crippen molar-refractivity contribution in [2.24, 2.45) is 11.7 Å². The zero-order valence-corrected chi connectivity index (χ0v) is 9.92. The van der Waals surface area contributed by atoms with Crippen molar-refractivity contribution in [3.63, 3.8) is 0 Å². The van der Waals surface area contributed by atoms with Crippen molar-refractivity contribution in [1.29, 1.82) is 0 Å². The molecule has 0 aliphatic carbocycles. The van der Waals surface area contributed by atoms with Crippen LogP contribution in [0.5, 0.6) is 5.75 Å². The van der Waals surface area contributed by atoms with Crippen molar-refractivity contribution in [1.82, 2.24) is 0 Å². The van der Waals surface area contributed by atoms with Gasteiger partial charge in [0.05, 0.1) is 6.61 Å². The van der Waals surface area contributed by atoms with Crippen LogP contribution >= 0.6 is 0 Å². The van der Waals surface area contributed by atoms with Crippen molar-refractivity contribution in [2.45, 2.75) is 33.7 Å². The first kappa shape index (κ1) is 12.1. The molecule has 2 nitrogen and oxygen atoms in total. The molecule has 0 aliphatic rings. The van der Waals surface area contributed by atoms with E-state index in [1.165, 1.54) is 5.56 Å². The Morgan fingerprint density at radius 1 is 1.33 bits per heavy atom. The summed E-state index contributed by atoms with van der Waals surface area (Å²) in [7, 11) is 0. The first-order valence-corrected chi connectivity index (χ1v) is 5.56. The lowest BCUT2D eigenvalue weighted by molar-refractivity contribution is 0.287. The summed E-state index contributed by atoms with van der Waals surface area (Å²) in [5.74, 6) is 1.62. The molecule has 0 saturated heterocycles. The largest absolute Gasteiger partial charge is 0.493 e. The fourth-order valence-electron chi connectivity index (χ4n) is 1.37. The first-order chi connectivity index (χ1) is 7.13. The van der Waals surface area contributed by atoms with E-state index < -0.39 is 0 Å². The molecule has 0 radical (unpaired) electrons. The molecule has 0 heterocycles. The molecule has 0 aliphatic heterocycles. The Balaban J connectivity index is 2.62. The molecule has 1 aromatic carbocycles. The second-order valence-corrected chi connectivity index (χ2v) is 4.35. The Bertz CT molecular complexity index is 307. The Labute approximate surface area is 92.4 Å². The SMILES string of the molecule is Cc1ccc(CN)c(OCCC(C)C)c1. The first-order valence-electron chi connectivity index (χ1n) is 5.56. The Morgan fingerprint density at radius 3 is 2.67 bits per heavy atom. The molecule has 0 spiro atoms. The normalized spacial score (nSPS) is 10.7. The van der Waals surface area contributed by atoms with Gasteiger partial charge in [0.15, 0.2) is 0 Å². The van der Waals surface area contributed by atoms with Crippen LogP contribution in [0.2, 0.25) is 0 Å². The molecule has 15 heavy (non-hydrogen) atoms. The lowest BCUT2D eigenvalue weighted by Crippen LogP contribution is -2.05. The van der Waals surface area contributed by atoms with Gasteiger partial charge < -0.3 is 10.5 Å². The molecule has 1 rings (SSSR count). The van der Waals surface area contributed by atoms with Crippen LogP contribution in [0, 0.1) is 12.8 Å². The predicted octanol–water partition coefficient (Wildman–Crippen LogP) is 2.88. The van der Waals surface area contributed by atoms with Gasteiger partial charge in [0.25, 0.3) is 0 Å². The van der Waals surface area contributed by atoms with E-state index in [2.05, 4.69) is 32.9 Å². The van der Waals surface area contributed by atoms with Crippen molar-refractivity contribution >= 4 is 0 Å². The number of rotatable bonds is 5. The number of ether oxygens (including phenoxy) is 1. The van der Waals surface area contributed by atoms with E-state index in [0.717, 1.165) is 24.3 Å². The van der Waals surface area contributed by atoms with Crippen LogP contribution in [-0.2, 0) is 6.54 Å². The summed E-state index contributed by atoms with van der Waals surface area (Å²) in [6, 6.07) is 6.17. The Kier molecular flexibility index (Phi) is 4.63. The fourth-order valence-corrected chi connectivity index (χ4v) is 1.37. The van der Waals surface area contributed by atoms with E-state index in [1.54, 1.807) is 0 Å². The van der Waals surface area contributed by atoms with Crippen LogP contribution < -0.4 is 10.5 Å². The molecular weight excluding hydrogens is 186 g/mol. The van der Waals surface area contributed by atoms with Crippen molar-refractivity contribution in [2.75, 3.05) is 6.61 Å². The molecule has 0 bridgehead atoms. The van der Waals surface area contributed by atoms with Gasteiger partial charge in [0.2, 0.25) is 0 Å². The monoisotopic (exact) mass is 207 g/mol. The summed E-state index contributed by atoms with van der Waals surface area (Å²) < 4.78 is 5.74. The standard InChI is InChI=1S/C13H21NO/c1-10(2)6-7-15-13-8-11(3)4-5-12(13)9-14/h4-5,8,10H,6-7,9,14H2,1-3H3. The molecule has 1 aromatic rings. The van der Waals surface area contributed by atoms with Crippen LogP contribution in [0.4, 0.5) is 0 Å². The summed E-state index contributed by atoms with van der Waals surface area (Å²) >= 11 is 0. The van der Waals surface area contributed by atoms with E-state index in [9.17, 15) is 0 Å². The van der Waals surface area contributed by atoms with Crippen LogP contribution in [-0.4, -0.2) is 6.61 Å². The number of benzene rings is 1. The zero-order chi connectivity index (χ0) is 11.3. The molecule has 0 fully saturated rings. The van der Waals surface area contributed by atoms with Gasteiger partial charge in [-0.25, -0.2) is 0 Å². The van der Waals surface area contributed by atoms with Gasteiger partial charge in [-0.15, -0.1) is 0 Å². The highest BCUT2D eigenvalue weighted by molar-refractivity contribution is 5.36. The van der Waals surface area contributed by atoms with E-state index in [-0.39, 0.29) is 0 Å². The van der Waals surface area contributed by atoms with E-state index in [1.807, 2.05) is 6.07 Å². The topological polar surface area (TPSA) is 35.2 Å². The minimum absolute atomic E-state index is 0.539. The molecule has 0 unspecified atom stereocenters. The van der Waals surface area contributed by atoms with Gasteiger partial charge in [-0.1, -0.05) is 26.0 Å². The highest BCUT2D eigenvalue weighted by Crippen LogP contribution is 2.20. The summed E-state index contributed by atoms with van der Waals surface area (Å²) in [5, 5.41) is 0. The minimum Gasteiger partial charge on any atom is -0.493 e. The molecule has 0 aromatic heterocycles. The van der Waals surface area contributed by atoms with Gasteiger partial charge in [0, 0.05) is 12.1 Å². The number of hydrogen-bond donors (Lipinski definition) is 1. The third kappa shape index (κ3) is 3.92. The molecule has 0 amide bonds. The van der Waals surface area contributed by atoms with E-state index >= 15 is 0 Å². The lowest BCUT2D eigenvalue weighted by Gasteiger charge is -2.12. The average molecular weight is 207 g/mol. The van der Waals surface area contributed by atoms with Crippen LogP contribution in [0.25, 0.3) is 0 Å². The number of nitrogens with two attached hydrogens (primary N) is 1. The summed E-state index contributed by atoms with van der Waals surface area (Å²) in [6.45, 7) is 7.77. The maximum Gasteiger partial charge on any atom is 0.124 e.